The maximum atomic E-state index is 12.5. The Morgan fingerprint density at radius 1 is 1.23 bits per heavy atom. The third-order valence-electron chi connectivity index (χ3n) is 5.09. The summed E-state index contributed by atoms with van der Waals surface area (Å²) in [6, 6.07) is 6.94. The SMILES string of the molecule is CCCCOC1CC(NC(=O)Nc2ncn(Cc3ccc(Cl)cc3)c2C(=O)OCC)C1. The second-order valence-electron chi connectivity index (χ2n) is 7.53. The van der Waals surface area contributed by atoms with Gasteiger partial charge in [-0.15, -0.1) is 0 Å². The van der Waals surface area contributed by atoms with Crippen LogP contribution in [0.1, 0.15) is 55.6 Å². The lowest BCUT2D eigenvalue weighted by Crippen LogP contribution is -2.49. The van der Waals surface area contributed by atoms with Crippen LogP contribution in [0.5, 0.6) is 0 Å². The van der Waals surface area contributed by atoms with Crippen molar-refractivity contribution < 1.29 is 19.1 Å². The zero-order valence-corrected chi connectivity index (χ0v) is 18.7. The first-order chi connectivity index (χ1) is 15.0. The maximum Gasteiger partial charge on any atom is 0.358 e. The fourth-order valence-corrected chi connectivity index (χ4v) is 3.46. The van der Waals surface area contributed by atoms with E-state index in [1.165, 1.54) is 6.33 Å². The summed E-state index contributed by atoms with van der Waals surface area (Å²) in [6.45, 7) is 5.22. The van der Waals surface area contributed by atoms with Crippen LogP contribution in [0.4, 0.5) is 10.6 Å². The van der Waals surface area contributed by atoms with Gasteiger partial charge >= 0.3 is 12.0 Å². The van der Waals surface area contributed by atoms with Gasteiger partial charge in [-0.25, -0.2) is 14.6 Å². The number of anilines is 1. The normalized spacial score (nSPS) is 17.6. The molecule has 1 fully saturated rings. The van der Waals surface area contributed by atoms with Crippen molar-refractivity contribution in [3.63, 3.8) is 0 Å². The van der Waals surface area contributed by atoms with Gasteiger partial charge in [0, 0.05) is 24.2 Å². The predicted octanol–water partition coefficient (Wildman–Crippen LogP) is 4.23. The van der Waals surface area contributed by atoms with E-state index in [1.54, 1.807) is 23.6 Å². The zero-order chi connectivity index (χ0) is 22.2. The van der Waals surface area contributed by atoms with E-state index < -0.39 is 12.0 Å². The summed E-state index contributed by atoms with van der Waals surface area (Å²) in [4.78, 5) is 29.2. The van der Waals surface area contributed by atoms with Gasteiger partial charge in [-0.05, 0) is 43.9 Å². The number of nitrogens with zero attached hydrogens (tertiary/aromatic N) is 2. The molecule has 9 heteroatoms. The van der Waals surface area contributed by atoms with E-state index in [4.69, 9.17) is 21.1 Å². The molecule has 0 aliphatic heterocycles. The fraction of sp³-hybridized carbons (Fsp3) is 0.500. The molecule has 0 atom stereocenters. The summed E-state index contributed by atoms with van der Waals surface area (Å²) in [5.41, 5.74) is 1.13. The van der Waals surface area contributed by atoms with Gasteiger partial charge in [-0.3, -0.25) is 5.32 Å². The van der Waals surface area contributed by atoms with Gasteiger partial charge < -0.3 is 19.4 Å². The molecule has 1 aliphatic rings. The van der Waals surface area contributed by atoms with Gasteiger partial charge in [0.1, 0.15) is 0 Å². The van der Waals surface area contributed by atoms with Gasteiger partial charge in [-0.2, -0.15) is 0 Å². The molecule has 168 valence electrons. The molecule has 0 unspecified atom stereocenters. The number of esters is 1. The molecule has 1 heterocycles. The van der Waals surface area contributed by atoms with Crippen molar-refractivity contribution >= 4 is 29.4 Å². The van der Waals surface area contributed by atoms with E-state index in [1.807, 2.05) is 12.1 Å². The topological polar surface area (TPSA) is 94.5 Å². The largest absolute Gasteiger partial charge is 0.461 e. The second-order valence-corrected chi connectivity index (χ2v) is 7.97. The molecule has 0 radical (unpaired) electrons. The number of nitrogens with one attached hydrogen (secondary N) is 2. The minimum atomic E-state index is -0.544. The Kier molecular flexibility index (Phi) is 8.31. The number of unbranched alkanes of at least 4 members (excludes halogenated alkanes) is 1. The molecule has 1 saturated carbocycles. The Hall–Kier alpha value is -2.58. The summed E-state index contributed by atoms with van der Waals surface area (Å²) >= 11 is 5.94. The summed E-state index contributed by atoms with van der Waals surface area (Å²) in [7, 11) is 0. The van der Waals surface area contributed by atoms with Crippen molar-refractivity contribution in [3.05, 3.63) is 46.9 Å². The lowest BCUT2D eigenvalue weighted by molar-refractivity contribution is -0.0145. The molecule has 0 spiro atoms. The summed E-state index contributed by atoms with van der Waals surface area (Å²) in [6.07, 6.45) is 5.43. The number of hydrogen-bond acceptors (Lipinski definition) is 5. The molecular weight excluding hydrogens is 420 g/mol. The van der Waals surface area contributed by atoms with Gasteiger partial charge in [-0.1, -0.05) is 37.1 Å². The smallest absolute Gasteiger partial charge is 0.358 e. The highest BCUT2D eigenvalue weighted by molar-refractivity contribution is 6.30. The van der Waals surface area contributed by atoms with E-state index in [-0.39, 0.29) is 30.3 Å². The van der Waals surface area contributed by atoms with Crippen LogP contribution in [0.2, 0.25) is 5.02 Å². The van der Waals surface area contributed by atoms with Gasteiger partial charge in [0.25, 0.3) is 0 Å². The van der Waals surface area contributed by atoms with Crippen molar-refractivity contribution in [2.75, 3.05) is 18.5 Å². The minimum Gasteiger partial charge on any atom is -0.461 e. The van der Waals surface area contributed by atoms with Gasteiger partial charge in [0.2, 0.25) is 0 Å². The van der Waals surface area contributed by atoms with Gasteiger partial charge in [0.05, 0.1) is 19.0 Å². The number of rotatable bonds is 10. The molecule has 1 aliphatic carbocycles. The molecular formula is C22H29ClN4O4. The number of urea groups is 1. The molecule has 0 saturated heterocycles. The van der Waals surface area contributed by atoms with Crippen molar-refractivity contribution in [2.24, 2.45) is 0 Å². The molecule has 1 aromatic heterocycles. The summed E-state index contributed by atoms with van der Waals surface area (Å²) in [5, 5.41) is 6.22. The van der Waals surface area contributed by atoms with Crippen LogP contribution in [0.25, 0.3) is 0 Å². The first kappa shape index (κ1) is 23.1. The van der Waals surface area contributed by atoms with Crippen LogP contribution >= 0.6 is 11.6 Å². The highest BCUT2D eigenvalue weighted by Gasteiger charge is 2.31. The van der Waals surface area contributed by atoms with Crippen LogP contribution in [0, 0.1) is 0 Å². The minimum absolute atomic E-state index is 0.0498. The number of aromatic nitrogens is 2. The van der Waals surface area contributed by atoms with Crippen molar-refractivity contribution in [1.82, 2.24) is 14.9 Å². The Morgan fingerprint density at radius 2 is 1.97 bits per heavy atom. The molecule has 3 rings (SSSR count). The number of amides is 2. The fourth-order valence-electron chi connectivity index (χ4n) is 3.34. The number of benzene rings is 1. The number of carbonyl (C=O) groups excluding carboxylic acids is 2. The Labute approximate surface area is 187 Å². The van der Waals surface area contributed by atoms with E-state index in [0.717, 1.165) is 37.9 Å². The highest BCUT2D eigenvalue weighted by atomic mass is 35.5. The summed E-state index contributed by atoms with van der Waals surface area (Å²) in [5.74, 6) is -0.378. The Balaban J connectivity index is 1.61. The average Bonchev–Trinajstić information content (AvgIpc) is 3.10. The molecule has 8 nitrogen and oxygen atoms in total. The Morgan fingerprint density at radius 3 is 2.65 bits per heavy atom. The van der Waals surface area contributed by atoms with Crippen molar-refractivity contribution in [1.29, 1.82) is 0 Å². The summed E-state index contributed by atoms with van der Waals surface area (Å²) < 4.78 is 12.6. The first-order valence-electron chi connectivity index (χ1n) is 10.7. The standard InChI is InChI=1S/C22H29ClN4O4/c1-3-5-10-31-18-11-17(12-18)25-22(29)26-20-19(21(28)30-4-2)27(14-24-20)13-15-6-8-16(23)9-7-15/h6-9,14,17-18H,3-5,10-13H2,1-2H3,(H2,25,26,29). The molecule has 2 N–H and O–H groups in total. The number of halogens is 1. The lowest BCUT2D eigenvalue weighted by Gasteiger charge is -2.35. The van der Waals surface area contributed by atoms with Crippen molar-refractivity contribution in [3.8, 4) is 0 Å². The maximum absolute atomic E-state index is 12.5. The molecule has 31 heavy (non-hydrogen) atoms. The molecule has 1 aromatic carbocycles. The third kappa shape index (κ3) is 6.45. The van der Waals surface area contributed by atoms with Crippen LogP contribution in [-0.4, -0.2) is 46.9 Å². The molecule has 2 aromatic rings. The van der Waals surface area contributed by atoms with E-state index >= 15 is 0 Å². The van der Waals surface area contributed by atoms with Crippen LogP contribution in [-0.2, 0) is 16.0 Å². The number of imidazole rings is 1. The number of ether oxygens (including phenoxy) is 2. The van der Waals surface area contributed by atoms with E-state index in [9.17, 15) is 9.59 Å². The average molecular weight is 449 g/mol. The lowest BCUT2D eigenvalue weighted by atomic mass is 9.89. The predicted molar refractivity (Wildman–Crippen MR) is 119 cm³/mol. The first-order valence-corrected chi connectivity index (χ1v) is 11.0. The van der Waals surface area contributed by atoms with Crippen molar-refractivity contribution in [2.45, 2.75) is 58.2 Å². The zero-order valence-electron chi connectivity index (χ0n) is 17.9. The highest BCUT2D eigenvalue weighted by Crippen LogP contribution is 2.24. The Bertz CT molecular complexity index is 878. The quantitative estimate of drug-likeness (QED) is 0.419. The molecule has 0 bridgehead atoms. The third-order valence-corrected chi connectivity index (χ3v) is 5.34. The van der Waals surface area contributed by atoms with Crippen LogP contribution in [0.3, 0.4) is 0 Å². The molecule has 2 amide bonds. The monoisotopic (exact) mass is 448 g/mol. The van der Waals surface area contributed by atoms with E-state index in [2.05, 4.69) is 22.5 Å². The van der Waals surface area contributed by atoms with Gasteiger partial charge in [0.15, 0.2) is 11.5 Å². The number of carbonyl (C=O) groups is 2. The van der Waals surface area contributed by atoms with Crippen LogP contribution in [0.15, 0.2) is 30.6 Å². The van der Waals surface area contributed by atoms with Crippen LogP contribution < -0.4 is 10.6 Å². The van der Waals surface area contributed by atoms with E-state index in [0.29, 0.717) is 11.6 Å². The number of hydrogen-bond donors (Lipinski definition) is 2. The second kappa shape index (κ2) is 11.2.